The summed E-state index contributed by atoms with van der Waals surface area (Å²) >= 11 is 0. The fourth-order valence-electron chi connectivity index (χ4n) is 5.24. The first kappa shape index (κ1) is 31.5. The Morgan fingerprint density at radius 1 is 1.04 bits per heavy atom. The van der Waals surface area contributed by atoms with Crippen molar-refractivity contribution >= 4 is 49.7 Å². The highest BCUT2D eigenvalue weighted by Gasteiger charge is 2.59. The number of phosphoric acid groups is 2. The number of phosphoric ester groups is 2. The van der Waals surface area contributed by atoms with Gasteiger partial charge < -0.3 is 35.6 Å². The number of halogens is 1. The third kappa shape index (κ3) is 6.21. The Kier molecular flexibility index (Phi) is 8.01. The summed E-state index contributed by atoms with van der Waals surface area (Å²) < 4.78 is 70.0. The van der Waals surface area contributed by atoms with E-state index in [1.807, 2.05) is 0 Å². The van der Waals surface area contributed by atoms with Crippen molar-refractivity contribution in [2.24, 2.45) is 0 Å². The van der Waals surface area contributed by atoms with Gasteiger partial charge in [-0.1, -0.05) is 0 Å². The van der Waals surface area contributed by atoms with Gasteiger partial charge in [0.2, 0.25) is 5.95 Å². The molecule has 6 rings (SSSR count). The van der Waals surface area contributed by atoms with Gasteiger partial charge in [0.25, 0.3) is 5.56 Å². The Hall–Kier alpha value is -3.43. The molecule has 0 radical (unpaired) electrons. The van der Waals surface area contributed by atoms with Crippen LogP contribution in [0.3, 0.4) is 0 Å². The molecule has 4 aromatic rings. The zero-order valence-corrected chi connectivity index (χ0v) is 24.9. The lowest BCUT2D eigenvalue weighted by molar-refractivity contribution is -0.0561. The highest BCUT2D eigenvalue weighted by molar-refractivity contribution is 7.47. The highest BCUT2D eigenvalue weighted by Crippen LogP contribution is 2.54. The molecule has 244 valence electrons. The van der Waals surface area contributed by atoms with Gasteiger partial charge in [0.05, 0.1) is 32.0 Å². The van der Waals surface area contributed by atoms with E-state index in [0.717, 1.165) is 24.1 Å². The molecule has 21 nitrogen and oxygen atoms in total. The number of ether oxygens (including phenoxy) is 2. The predicted molar refractivity (Wildman–Crippen MR) is 148 cm³/mol. The molecule has 2 aliphatic heterocycles. The van der Waals surface area contributed by atoms with E-state index in [-0.39, 0.29) is 34.1 Å². The molecule has 2 aliphatic rings. The Bertz CT molecular complexity index is 1900. The number of fused-ring (bicyclic) bond motifs is 2. The van der Waals surface area contributed by atoms with Crippen molar-refractivity contribution in [3.8, 4) is 0 Å². The molecule has 0 aliphatic carbocycles. The van der Waals surface area contributed by atoms with Crippen LogP contribution in [0.15, 0.2) is 23.8 Å². The number of nitrogens with two attached hydrogens (primary N) is 2. The molecule has 0 spiro atoms. The molecule has 0 bridgehead atoms. The zero-order chi connectivity index (χ0) is 32.3. The zero-order valence-electron chi connectivity index (χ0n) is 23.1. The number of hydrogen-bond donors (Lipinski definition) is 6. The number of H-pyrrole nitrogens is 1. The number of nitrogen functional groups attached to an aromatic ring is 2. The van der Waals surface area contributed by atoms with Crippen LogP contribution in [0.1, 0.15) is 32.2 Å². The van der Waals surface area contributed by atoms with E-state index in [1.54, 1.807) is 0 Å². The summed E-state index contributed by atoms with van der Waals surface area (Å²) in [5.74, 6) is -0.127. The molecule has 0 amide bonds. The average molecular weight is 676 g/mol. The maximum Gasteiger partial charge on any atom is 0.472 e. The number of alkyl halides is 1. The van der Waals surface area contributed by atoms with Gasteiger partial charge in [0.1, 0.15) is 30.3 Å². The second-order valence-electron chi connectivity index (χ2n) is 10.4. The summed E-state index contributed by atoms with van der Waals surface area (Å²) in [7, 11) is -10.1. The minimum atomic E-state index is -5.08. The maximum atomic E-state index is 16.5. The van der Waals surface area contributed by atoms with E-state index in [4.69, 9.17) is 30.0 Å². The first-order valence-electron chi connectivity index (χ1n) is 13.1. The van der Waals surface area contributed by atoms with Crippen molar-refractivity contribution < 1.29 is 51.2 Å². The monoisotopic (exact) mass is 676 g/mol. The molecule has 8 N–H and O–H groups in total. The number of aromatic nitrogens is 8. The van der Waals surface area contributed by atoms with Crippen LogP contribution in [-0.2, 0) is 32.2 Å². The van der Waals surface area contributed by atoms with Crippen molar-refractivity contribution in [3.63, 3.8) is 0 Å². The number of hydrogen-bond acceptors (Lipinski definition) is 15. The third-order valence-electron chi connectivity index (χ3n) is 7.24. The summed E-state index contributed by atoms with van der Waals surface area (Å²) in [5.41, 5.74) is 8.66. The molecular weight excluding hydrogens is 649 g/mol. The van der Waals surface area contributed by atoms with Gasteiger partial charge in [-0.2, -0.15) is 4.98 Å². The van der Waals surface area contributed by atoms with Crippen LogP contribution in [0.25, 0.3) is 22.3 Å². The van der Waals surface area contributed by atoms with E-state index in [0.29, 0.717) is 12.8 Å². The largest absolute Gasteiger partial charge is 0.472 e. The molecule has 0 saturated carbocycles. The van der Waals surface area contributed by atoms with Crippen molar-refractivity contribution in [1.82, 2.24) is 39.0 Å². The van der Waals surface area contributed by atoms with Crippen LogP contribution in [0.4, 0.5) is 16.2 Å². The van der Waals surface area contributed by atoms with Crippen LogP contribution in [0.5, 0.6) is 0 Å². The number of anilines is 2. The van der Waals surface area contributed by atoms with Gasteiger partial charge >= 0.3 is 15.6 Å². The van der Waals surface area contributed by atoms with Crippen molar-refractivity contribution in [2.75, 3.05) is 24.7 Å². The van der Waals surface area contributed by atoms with E-state index in [9.17, 15) is 28.6 Å². The first-order valence-corrected chi connectivity index (χ1v) is 16.2. The van der Waals surface area contributed by atoms with Crippen molar-refractivity contribution in [1.29, 1.82) is 0 Å². The lowest BCUT2D eigenvalue weighted by Gasteiger charge is -2.29. The summed E-state index contributed by atoms with van der Waals surface area (Å²) in [4.78, 5) is 63.5. The van der Waals surface area contributed by atoms with Crippen LogP contribution in [0.2, 0.25) is 0 Å². The SMILES string of the molecule is C[C@@]1(F)C(n2cnc3c(N)ncnc32)O[C@H](COP(=O)(O)O)[C@H]1OP(=O)(O)OC[C@@H]1CCC(n2cnc3c(=O)[nH]c(N)nc32)O1. The van der Waals surface area contributed by atoms with E-state index >= 15 is 4.39 Å². The Morgan fingerprint density at radius 3 is 2.53 bits per heavy atom. The number of rotatable bonds is 10. The van der Waals surface area contributed by atoms with Crippen molar-refractivity contribution in [2.45, 2.75) is 56.2 Å². The number of imidazole rings is 2. The fourth-order valence-corrected chi connectivity index (χ4v) is 6.63. The van der Waals surface area contributed by atoms with Crippen LogP contribution >= 0.6 is 15.6 Å². The lowest BCUT2D eigenvalue weighted by atomic mass is 9.98. The molecule has 3 unspecified atom stereocenters. The number of nitrogens with zero attached hydrogens (tertiary/aromatic N) is 7. The summed E-state index contributed by atoms with van der Waals surface area (Å²) in [6.45, 7) is -0.413. The van der Waals surface area contributed by atoms with Crippen LogP contribution in [0, 0.1) is 0 Å². The molecule has 45 heavy (non-hydrogen) atoms. The smallest absolute Gasteiger partial charge is 0.382 e. The maximum absolute atomic E-state index is 16.5. The summed E-state index contributed by atoms with van der Waals surface area (Å²) in [5, 5.41) is 0. The second kappa shape index (κ2) is 11.4. The summed E-state index contributed by atoms with van der Waals surface area (Å²) in [6.07, 6.45) is -2.27. The average Bonchev–Trinajstić information content (AvgIpc) is 3.72. The Balaban J connectivity index is 1.17. The molecule has 24 heteroatoms. The van der Waals surface area contributed by atoms with Crippen LogP contribution in [-0.4, -0.2) is 90.9 Å². The quantitative estimate of drug-likeness (QED) is 0.121. The minimum Gasteiger partial charge on any atom is -0.382 e. The van der Waals surface area contributed by atoms with Gasteiger partial charge in [0, 0.05) is 0 Å². The Morgan fingerprint density at radius 2 is 1.78 bits per heavy atom. The fraction of sp³-hybridized carbons (Fsp3) is 0.524. The van der Waals surface area contributed by atoms with Gasteiger partial charge in [0.15, 0.2) is 34.5 Å². The highest BCUT2D eigenvalue weighted by atomic mass is 31.2. The minimum absolute atomic E-state index is 0.00796. The van der Waals surface area contributed by atoms with Crippen molar-refractivity contribution in [3.05, 3.63) is 29.3 Å². The van der Waals surface area contributed by atoms with Gasteiger partial charge in [-0.3, -0.25) is 32.5 Å². The molecular formula is C21H27FN10O11P2. The Labute approximate surface area is 250 Å². The van der Waals surface area contributed by atoms with Gasteiger partial charge in [-0.15, -0.1) is 0 Å². The number of aromatic amines is 1. The molecule has 2 saturated heterocycles. The molecule has 7 atom stereocenters. The normalized spacial score (nSPS) is 28.7. The predicted octanol–water partition coefficient (Wildman–Crippen LogP) is 0.0386. The second-order valence-corrected chi connectivity index (χ2v) is 13.0. The van der Waals surface area contributed by atoms with Gasteiger partial charge in [-0.05, 0) is 19.8 Å². The van der Waals surface area contributed by atoms with E-state index in [2.05, 4.69) is 34.4 Å². The molecule has 6 heterocycles. The van der Waals surface area contributed by atoms with E-state index in [1.165, 1.54) is 10.9 Å². The third-order valence-corrected chi connectivity index (χ3v) is 8.70. The summed E-state index contributed by atoms with van der Waals surface area (Å²) in [6, 6.07) is 0. The molecule has 2 fully saturated rings. The molecule has 4 aromatic heterocycles. The molecule has 0 aromatic carbocycles. The van der Waals surface area contributed by atoms with E-state index < -0.39 is 70.9 Å². The topological polar surface area (TPSA) is 300 Å². The number of nitrogens with one attached hydrogen (secondary N) is 1. The van der Waals surface area contributed by atoms with Crippen LogP contribution < -0.4 is 17.0 Å². The lowest BCUT2D eigenvalue weighted by Crippen LogP contribution is -2.42. The first-order chi connectivity index (χ1) is 21.1. The van der Waals surface area contributed by atoms with Gasteiger partial charge in [-0.25, -0.2) is 33.5 Å². The standard InChI is InChI=1S/C21H27FN10O11P2/c1-21(22)14(10(5-39-44(34,35)36)42-19(21)32-8-27-12-15(23)25-6-26-16(12)32)43-45(37,38)40-4-9-2-3-11(41-9)31-7-28-13-17(31)29-20(24)30-18(13)33/h6-11,14,19H,2-5H2,1H3,(H,37,38)(H2,23,25,26)(H2,34,35,36)(H3,24,29,30,33)/t9-,10+,11?,14+,19?,21-/m0/s1.